The molecule has 6 nitrogen and oxygen atoms in total. The van der Waals surface area contributed by atoms with Gasteiger partial charge in [-0.1, -0.05) is 11.2 Å². The highest BCUT2D eigenvalue weighted by atomic mass is 16.5. The van der Waals surface area contributed by atoms with E-state index >= 15 is 0 Å². The zero-order chi connectivity index (χ0) is 13.1. The molecule has 94 valence electrons. The van der Waals surface area contributed by atoms with Gasteiger partial charge >= 0.3 is 5.97 Å². The summed E-state index contributed by atoms with van der Waals surface area (Å²) >= 11 is 0. The van der Waals surface area contributed by atoms with Gasteiger partial charge < -0.3 is 19.1 Å². The van der Waals surface area contributed by atoms with Crippen molar-refractivity contribution in [2.75, 3.05) is 14.2 Å². The van der Waals surface area contributed by atoms with Crippen LogP contribution in [-0.4, -0.2) is 30.5 Å². The first-order valence-electron chi connectivity index (χ1n) is 5.08. The third-order valence-electron chi connectivity index (χ3n) is 2.40. The Labute approximate surface area is 103 Å². The van der Waals surface area contributed by atoms with Gasteiger partial charge in [0.1, 0.15) is 17.2 Å². The van der Waals surface area contributed by atoms with Crippen LogP contribution in [0.15, 0.2) is 28.8 Å². The van der Waals surface area contributed by atoms with Crippen LogP contribution >= 0.6 is 0 Å². The topological polar surface area (TPSA) is 81.8 Å². The molecule has 0 saturated carbocycles. The molecule has 0 aliphatic heterocycles. The molecule has 0 aliphatic rings. The summed E-state index contributed by atoms with van der Waals surface area (Å²) in [5, 5.41) is 12.5. The minimum Gasteiger partial charge on any atom is -0.496 e. The van der Waals surface area contributed by atoms with Crippen LogP contribution in [0.1, 0.15) is 10.6 Å². The molecule has 1 heterocycles. The second kappa shape index (κ2) is 4.79. The summed E-state index contributed by atoms with van der Waals surface area (Å²) in [5.74, 6) is -0.361. The summed E-state index contributed by atoms with van der Waals surface area (Å²) < 4.78 is 15.1. The highest BCUT2D eigenvalue weighted by molar-refractivity contribution is 5.86. The molecule has 0 aliphatic carbocycles. The molecular formula is C12H11NO5. The number of nitrogens with zero attached hydrogens (tertiary/aromatic N) is 1. The zero-order valence-corrected chi connectivity index (χ0v) is 9.84. The van der Waals surface area contributed by atoms with Crippen LogP contribution in [-0.2, 0) is 0 Å². The summed E-state index contributed by atoms with van der Waals surface area (Å²) in [4.78, 5) is 10.8. The first-order chi connectivity index (χ1) is 8.67. The van der Waals surface area contributed by atoms with Crippen LogP contribution in [0.3, 0.4) is 0 Å². The molecule has 1 N–H and O–H groups in total. The van der Waals surface area contributed by atoms with Gasteiger partial charge in [-0.2, -0.15) is 0 Å². The molecule has 0 radical (unpaired) electrons. The lowest BCUT2D eigenvalue weighted by Gasteiger charge is -2.10. The van der Waals surface area contributed by atoms with Crippen molar-refractivity contribution in [1.29, 1.82) is 0 Å². The van der Waals surface area contributed by atoms with E-state index < -0.39 is 5.97 Å². The van der Waals surface area contributed by atoms with E-state index in [2.05, 4.69) is 5.16 Å². The SMILES string of the molecule is COc1cccc(OC)c1-c1cc(C(=O)O)on1. The fourth-order valence-electron chi connectivity index (χ4n) is 1.60. The average Bonchev–Trinajstić information content (AvgIpc) is 2.87. The van der Waals surface area contributed by atoms with Gasteiger partial charge in [0.15, 0.2) is 0 Å². The first-order valence-corrected chi connectivity index (χ1v) is 5.08. The fourth-order valence-corrected chi connectivity index (χ4v) is 1.60. The van der Waals surface area contributed by atoms with E-state index in [-0.39, 0.29) is 5.76 Å². The molecule has 0 amide bonds. The van der Waals surface area contributed by atoms with Crippen LogP contribution in [0.5, 0.6) is 11.5 Å². The van der Waals surface area contributed by atoms with Gasteiger partial charge in [0.05, 0.1) is 19.8 Å². The summed E-state index contributed by atoms with van der Waals surface area (Å²) in [6.07, 6.45) is 0. The van der Waals surface area contributed by atoms with E-state index in [1.807, 2.05) is 0 Å². The summed E-state index contributed by atoms with van der Waals surface area (Å²) in [7, 11) is 3.02. The fraction of sp³-hybridized carbons (Fsp3) is 0.167. The van der Waals surface area contributed by atoms with E-state index in [0.29, 0.717) is 22.8 Å². The third kappa shape index (κ3) is 2.00. The van der Waals surface area contributed by atoms with Gasteiger partial charge in [-0.3, -0.25) is 0 Å². The standard InChI is InChI=1S/C12H11NO5/c1-16-8-4-3-5-9(17-2)11(8)7-6-10(12(14)15)18-13-7/h3-6H,1-2H3,(H,14,15). The Hall–Kier alpha value is -2.50. The number of aromatic nitrogens is 1. The molecule has 18 heavy (non-hydrogen) atoms. The Bertz CT molecular complexity index is 553. The third-order valence-corrected chi connectivity index (χ3v) is 2.40. The van der Waals surface area contributed by atoms with E-state index in [4.69, 9.17) is 19.1 Å². The number of carbonyl (C=O) groups is 1. The zero-order valence-electron chi connectivity index (χ0n) is 9.84. The molecule has 2 aromatic rings. The summed E-state index contributed by atoms with van der Waals surface area (Å²) in [5.41, 5.74) is 0.903. The number of methoxy groups -OCH3 is 2. The van der Waals surface area contributed by atoms with Crippen LogP contribution < -0.4 is 9.47 Å². The Morgan fingerprint density at radius 2 is 1.89 bits per heavy atom. The van der Waals surface area contributed by atoms with E-state index in [1.165, 1.54) is 20.3 Å². The summed E-state index contributed by atoms with van der Waals surface area (Å²) in [6, 6.07) is 6.54. The maximum absolute atomic E-state index is 10.8. The van der Waals surface area contributed by atoms with Crippen molar-refractivity contribution in [2.24, 2.45) is 0 Å². The van der Waals surface area contributed by atoms with Crippen molar-refractivity contribution >= 4 is 5.97 Å². The van der Waals surface area contributed by atoms with E-state index in [1.54, 1.807) is 18.2 Å². The summed E-state index contributed by atoms with van der Waals surface area (Å²) in [6.45, 7) is 0. The molecule has 0 bridgehead atoms. The second-order valence-corrected chi connectivity index (χ2v) is 3.42. The number of aromatic carboxylic acids is 1. The van der Waals surface area contributed by atoms with E-state index in [9.17, 15) is 4.79 Å². The normalized spacial score (nSPS) is 10.1. The number of hydrogen-bond donors (Lipinski definition) is 1. The highest BCUT2D eigenvalue weighted by Crippen LogP contribution is 2.37. The Morgan fingerprint density at radius 1 is 1.28 bits per heavy atom. The monoisotopic (exact) mass is 249 g/mol. The van der Waals surface area contributed by atoms with Gasteiger partial charge in [0, 0.05) is 6.07 Å². The lowest BCUT2D eigenvalue weighted by molar-refractivity contribution is 0.0652. The number of carboxylic acid groups (broad SMARTS) is 1. The molecule has 1 aromatic carbocycles. The number of ether oxygens (including phenoxy) is 2. The van der Waals surface area contributed by atoms with Crippen molar-refractivity contribution in [1.82, 2.24) is 5.16 Å². The van der Waals surface area contributed by atoms with Gasteiger partial charge in [0.2, 0.25) is 5.76 Å². The number of carboxylic acids is 1. The van der Waals surface area contributed by atoms with Gasteiger partial charge in [0.25, 0.3) is 0 Å². The largest absolute Gasteiger partial charge is 0.496 e. The molecule has 1 aromatic heterocycles. The number of rotatable bonds is 4. The average molecular weight is 249 g/mol. The van der Waals surface area contributed by atoms with Gasteiger partial charge in [-0.15, -0.1) is 0 Å². The molecule has 0 saturated heterocycles. The Morgan fingerprint density at radius 3 is 2.33 bits per heavy atom. The molecule has 0 spiro atoms. The lowest BCUT2D eigenvalue weighted by Crippen LogP contribution is -1.93. The van der Waals surface area contributed by atoms with Crippen molar-refractivity contribution < 1.29 is 23.9 Å². The lowest BCUT2D eigenvalue weighted by atomic mass is 10.1. The van der Waals surface area contributed by atoms with Crippen molar-refractivity contribution in [3.8, 4) is 22.8 Å². The highest BCUT2D eigenvalue weighted by Gasteiger charge is 2.18. The molecule has 0 unspecified atom stereocenters. The van der Waals surface area contributed by atoms with Crippen LogP contribution in [0, 0.1) is 0 Å². The first kappa shape index (κ1) is 12.0. The number of benzene rings is 1. The number of hydrogen-bond acceptors (Lipinski definition) is 5. The minimum atomic E-state index is -1.18. The predicted molar refractivity (Wildman–Crippen MR) is 62.0 cm³/mol. The predicted octanol–water partition coefficient (Wildman–Crippen LogP) is 2.06. The molecule has 2 rings (SSSR count). The van der Waals surface area contributed by atoms with Crippen LogP contribution in [0.4, 0.5) is 0 Å². The molecule has 0 atom stereocenters. The molecular weight excluding hydrogens is 238 g/mol. The van der Waals surface area contributed by atoms with Gasteiger partial charge in [-0.25, -0.2) is 4.79 Å². The Balaban J connectivity index is 2.57. The van der Waals surface area contributed by atoms with Crippen LogP contribution in [0.2, 0.25) is 0 Å². The van der Waals surface area contributed by atoms with Crippen molar-refractivity contribution in [2.45, 2.75) is 0 Å². The van der Waals surface area contributed by atoms with Gasteiger partial charge in [-0.05, 0) is 12.1 Å². The Kier molecular flexibility index (Phi) is 3.18. The maximum Gasteiger partial charge on any atom is 0.374 e. The van der Waals surface area contributed by atoms with E-state index in [0.717, 1.165) is 0 Å². The smallest absolute Gasteiger partial charge is 0.374 e. The molecule has 0 fully saturated rings. The quantitative estimate of drug-likeness (QED) is 0.893. The molecule has 6 heteroatoms. The van der Waals surface area contributed by atoms with Crippen molar-refractivity contribution in [3.05, 3.63) is 30.0 Å². The minimum absolute atomic E-state index is 0.238. The second-order valence-electron chi connectivity index (χ2n) is 3.42. The maximum atomic E-state index is 10.8. The van der Waals surface area contributed by atoms with Crippen molar-refractivity contribution in [3.63, 3.8) is 0 Å². The van der Waals surface area contributed by atoms with Crippen LogP contribution in [0.25, 0.3) is 11.3 Å².